The van der Waals surface area contributed by atoms with E-state index in [-0.39, 0.29) is 5.71 Å². The third-order valence-corrected chi connectivity index (χ3v) is 0.822. The Kier molecular flexibility index (Phi) is 3.95. The highest BCUT2D eigenvalue weighted by Gasteiger charge is 2.01. The molecule has 0 aromatic carbocycles. The lowest BCUT2D eigenvalue weighted by atomic mass is 10.4. The van der Waals surface area contributed by atoms with Gasteiger partial charge in [-0.25, -0.2) is 4.79 Å². The molecular formula is C6H9NO3. The molecule has 0 aliphatic rings. The Morgan fingerprint density at radius 1 is 1.70 bits per heavy atom. The Balaban J connectivity index is 4.12. The van der Waals surface area contributed by atoms with Gasteiger partial charge in [0.05, 0.1) is 13.4 Å². The van der Waals surface area contributed by atoms with Crippen molar-refractivity contribution in [1.29, 1.82) is 0 Å². The van der Waals surface area contributed by atoms with Crippen LogP contribution >= 0.6 is 0 Å². The second kappa shape index (κ2) is 4.55. The zero-order chi connectivity index (χ0) is 7.98. The lowest BCUT2D eigenvalue weighted by molar-refractivity contribution is -0.129. The van der Waals surface area contributed by atoms with Crippen molar-refractivity contribution in [2.24, 2.45) is 4.99 Å². The molecule has 4 heteroatoms. The molecule has 0 bridgehead atoms. The first-order chi connectivity index (χ1) is 4.72. The van der Waals surface area contributed by atoms with Crippen molar-refractivity contribution >= 4 is 11.7 Å². The summed E-state index contributed by atoms with van der Waals surface area (Å²) in [4.78, 5) is 13.7. The summed E-state index contributed by atoms with van der Waals surface area (Å²) in [5.74, 6) is -1.06. The standard InChI is InChI=1S/C6H9NO3/c1-7-5(6(8)9)3-4-10-2/h3-4H,1-2H3,(H,8,9)/b4-3-,7-5?. The molecular weight excluding hydrogens is 134 g/mol. The van der Waals surface area contributed by atoms with Gasteiger partial charge in [-0.2, -0.15) is 0 Å². The van der Waals surface area contributed by atoms with Crippen molar-refractivity contribution in [3.63, 3.8) is 0 Å². The molecule has 0 spiro atoms. The highest BCUT2D eigenvalue weighted by atomic mass is 16.5. The summed E-state index contributed by atoms with van der Waals surface area (Å²) >= 11 is 0. The lowest BCUT2D eigenvalue weighted by Gasteiger charge is -1.89. The Hall–Kier alpha value is -1.32. The molecule has 0 saturated carbocycles. The van der Waals surface area contributed by atoms with Crippen LogP contribution in [0.2, 0.25) is 0 Å². The van der Waals surface area contributed by atoms with Gasteiger partial charge in [-0.3, -0.25) is 4.99 Å². The van der Waals surface area contributed by atoms with Gasteiger partial charge in [-0.05, 0) is 0 Å². The number of carbonyl (C=O) groups is 1. The molecule has 0 aliphatic carbocycles. The molecule has 4 nitrogen and oxygen atoms in total. The minimum absolute atomic E-state index is 0.0261. The third kappa shape index (κ3) is 2.86. The molecule has 0 aliphatic heterocycles. The van der Waals surface area contributed by atoms with Crippen LogP contribution in [-0.4, -0.2) is 30.9 Å². The number of ether oxygens (including phenoxy) is 1. The first-order valence-corrected chi connectivity index (χ1v) is 2.61. The van der Waals surface area contributed by atoms with E-state index in [9.17, 15) is 4.79 Å². The molecule has 0 fully saturated rings. The van der Waals surface area contributed by atoms with Crippen LogP contribution < -0.4 is 0 Å². The van der Waals surface area contributed by atoms with Crippen molar-refractivity contribution in [3.05, 3.63) is 12.3 Å². The summed E-state index contributed by atoms with van der Waals surface area (Å²) in [6.07, 6.45) is 2.54. The summed E-state index contributed by atoms with van der Waals surface area (Å²) < 4.78 is 4.50. The number of rotatable bonds is 3. The molecule has 0 aromatic heterocycles. The van der Waals surface area contributed by atoms with Gasteiger partial charge in [0.2, 0.25) is 0 Å². The smallest absolute Gasteiger partial charge is 0.354 e. The maximum Gasteiger partial charge on any atom is 0.354 e. The van der Waals surface area contributed by atoms with Crippen molar-refractivity contribution in [3.8, 4) is 0 Å². The topological polar surface area (TPSA) is 58.9 Å². The number of hydrogen-bond donors (Lipinski definition) is 1. The summed E-state index contributed by atoms with van der Waals surface area (Å²) in [7, 11) is 2.84. The van der Waals surface area contributed by atoms with Crippen LogP contribution in [0.1, 0.15) is 0 Å². The third-order valence-electron chi connectivity index (χ3n) is 0.822. The van der Waals surface area contributed by atoms with Crippen LogP contribution in [0.5, 0.6) is 0 Å². The predicted molar refractivity (Wildman–Crippen MR) is 37.1 cm³/mol. The Morgan fingerprint density at radius 3 is 2.60 bits per heavy atom. The van der Waals surface area contributed by atoms with Crippen LogP contribution in [0.25, 0.3) is 0 Å². The number of aliphatic imine (C=N–C) groups is 1. The van der Waals surface area contributed by atoms with Crippen molar-refractivity contribution < 1.29 is 14.6 Å². The number of carboxylic acids is 1. The first-order valence-electron chi connectivity index (χ1n) is 2.61. The van der Waals surface area contributed by atoms with E-state index in [1.807, 2.05) is 0 Å². The van der Waals surface area contributed by atoms with Gasteiger partial charge in [0, 0.05) is 13.1 Å². The van der Waals surface area contributed by atoms with E-state index in [2.05, 4.69) is 9.73 Å². The van der Waals surface area contributed by atoms with Gasteiger partial charge in [0.1, 0.15) is 5.71 Å². The van der Waals surface area contributed by atoms with Gasteiger partial charge < -0.3 is 9.84 Å². The normalized spacial score (nSPS) is 12.0. The van der Waals surface area contributed by atoms with Crippen LogP contribution in [-0.2, 0) is 9.53 Å². The molecule has 0 unspecified atom stereocenters. The zero-order valence-electron chi connectivity index (χ0n) is 5.87. The number of methoxy groups -OCH3 is 1. The van der Waals surface area contributed by atoms with Gasteiger partial charge in [0.25, 0.3) is 0 Å². The highest BCUT2D eigenvalue weighted by molar-refractivity contribution is 6.40. The lowest BCUT2D eigenvalue weighted by Crippen LogP contribution is -2.09. The van der Waals surface area contributed by atoms with Crippen LogP contribution in [0, 0.1) is 0 Å². The number of aliphatic carboxylic acids is 1. The molecule has 0 radical (unpaired) electrons. The number of carboxylic acid groups (broad SMARTS) is 1. The van der Waals surface area contributed by atoms with Gasteiger partial charge in [-0.1, -0.05) is 0 Å². The maximum atomic E-state index is 10.2. The number of hydrogen-bond acceptors (Lipinski definition) is 3. The molecule has 56 valence electrons. The van der Waals surface area contributed by atoms with Crippen molar-refractivity contribution in [2.45, 2.75) is 0 Å². The van der Waals surface area contributed by atoms with Crippen LogP contribution in [0.4, 0.5) is 0 Å². The zero-order valence-corrected chi connectivity index (χ0v) is 5.87. The summed E-state index contributed by atoms with van der Waals surface area (Å²) in [6, 6.07) is 0. The molecule has 0 amide bonds. The summed E-state index contributed by atoms with van der Waals surface area (Å²) in [5.41, 5.74) is -0.0261. The van der Waals surface area contributed by atoms with E-state index in [1.54, 1.807) is 0 Å². The second-order valence-electron chi connectivity index (χ2n) is 1.45. The van der Waals surface area contributed by atoms with E-state index in [0.29, 0.717) is 0 Å². The van der Waals surface area contributed by atoms with E-state index >= 15 is 0 Å². The minimum atomic E-state index is -1.06. The molecule has 0 aromatic rings. The number of nitrogens with zero attached hydrogens (tertiary/aromatic N) is 1. The maximum absolute atomic E-state index is 10.2. The Bertz CT molecular complexity index is 172. The van der Waals surface area contributed by atoms with E-state index in [1.165, 1.54) is 26.5 Å². The molecule has 0 rings (SSSR count). The van der Waals surface area contributed by atoms with E-state index in [4.69, 9.17) is 5.11 Å². The average Bonchev–Trinajstić information content (AvgIpc) is 1.89. The molecule has 0 saturated heterocycles. The monoisotopic (exact) mass is 143 g/mol. The fourth-order valence-corrected chi connectivity index (χ4v) is 0.374. The van der Waals surface area contributed by atoms with Crippen molar-refractivity contribution in [1.82, 2.24) is 0 Å². The highest BCUT2D eigenvalue weighted by Crippen LogP contribution is 1.81. The first kappa shape index (κ1) is 8.68. The Morgan fingerprint density at radius 2 is 2.30 bits per heavy atom. The fourth-order valence-electron chi connectivity index (χ4n) is 0.374. The SMILES string of the molecule is CN=C(/C=C\OC)C(=O)O. The Labute approximate surface area is 58.8 Å². The largest absolute Gasteiger partial charge is 0.504 e. The molecule has 0 atom stereocenters. The second-order valence-corrected chi connectivity index (χ2v) is 1.45. The fraction of sp³-hybridized carbons (Fsp3) is 0.333. The van der Waals surface area contributed by atoms with Gasteiger partial charge in [-0.15, -0.1) is 0 Å². The van der Waals surface area contributed by atoms with Gasteiger partial charge in [0.15, 0.2) is 0 Å². The summed E-state index contributed by atoms with van der Waals surface area (Å²) in [5, 5.41) is 8.36. The van der Waals surface area contributed by atoms with E-state index < -0.39 is 5.97 Å². The minimum Gasteiger partial charge on any atom is -0.504 e. The average molecular weight is 143 g/mol. The molecule has 1 N–H and O–H groups in total. The summed E-state index contributed by atoms with van der Waals surface area (Å²) in [6.45, 7) is 0. The molecule has 10 heavy (non-hydrogen) atoms. The van der Waals surface area contributed by atoms with Crippen LogP contribution in [0.3, 0.4) is 0 Å². The van der Waals surface area contributed by atoms with Gasteiger partial charge >= 0.3 is 5.97 Å². The predicted octanol–water partition coefficient (Wildman–Crippen LogP) is 0.302. The van der Waals surface area contributed by atoms with Crippen molar-refractivity contribution in [2.75, 3.05) is 14.2 Å². The van der Waals surface area contributed by atoms with Crippen LogP contribution in [0.15, 0.2) is 17.3 Å². The van der Waals surface area contributed by atoms with E-state index in [0.717, 1.165) is 0 Å². The quantitative estimate of drug-likeness (QED) is 0.456. The molecule has 0 heterocycles.